The summed E-state index contributed by atoms with van der Waals surface area (Å²) >= 11 is 0. The van der Waals surface area contributed by atoms with Gasteiger partial charge in [0.15, 0.2) is 0 Å². The van der Waals surface area contributed by atoms with Crippen LogP contribution in [0.1, 0.15) is 10.4 Å². The van der Waals surface area contributed by atoms with Gasteiger partial charge < -0.3 is 0 Å². The van der Waals surface area contributed by atoms with Crippen molar-refractivity contribution < 1.29 is 4.79 Å². The van der Waals surface area contributed by atoms with Crippen molar-refractivity contribution in [2.45, 2.75) is 0 Å². The lowest BCUT2D eigenvalue weighted by molar-refractivity contribution is 0.112. The molecule has 0 atom stereocenters. The third-order valence-electron chi connectivity index (χ3n) is 2.86. The summed E-state index contributed by atoms with van der Waals surface area (Å²) in [6, 6.07) is 17.1. The third-order valence-corrected chi connectivity index (χ3v) is 2.86. The molecule has 0 saturated carbocycles. The third kappa shape index (κ3) is 2.28. The number of hydrogen-bond donors (Lipinski definition) is 0. The van der Waals surface area contributed by atoms with Gasteiger partial charge in [0.25, 0.3) is 0 Å². The van der Waals surface area contributed by atoms with E-state index in [1.54, 1.807) is 16.8 Å². The fraction of sp³-hybridized carbons (Fsp3) is 0. The number of hydrogen-bond acceptors (Lipinski definition) is 3. The van der Waals surface area contributed by atoms with Gasteiger partial charge in [0.05, 0.1) is 11.9 Å². The molecule has 3 rings (SSSR count). The summed E-state index contributed by atoms with van der Waals surface area (Å²) in [7, 11) is 0. The summed E-state index contributed by atoms with van der Waals surface area (Å²) < 4.78 is 1.73. The van der Waals surface area contributed by atoms with E-state index in [2.05, 4.69) is 10.3 Å². The molecule has 3 aromatic rings. The summed E-state index contributed by atoms with van der Waals surface area (Å²) in [4.78, 5) is 10.6. The first-order valence-electron chi connectivity index (χ1n) is 5.90. The molecule has 4 heteroatoms. The van der Waals surface area contributed by atoms with Gasteiger partial charge in [-0.15, -0.1) is 5.10 Å². The van der Waals surface area contributed by atoms with Crippen LogP contribution in [0.3, 0.4) is 0 Å². The van der Waals surface area contributed by atoms with Gasteiger partial charge in [0, 0.05) is 11.1 Å². The van der Waals surface area contributed by atoms with E-state index in [1.165, 1.54) is 0 Å². The van der Waals surface area contributed by atoms with Crippen molar-refractivity contribution >= 4 is 6.29 Å². The highest BCUT2D eigenvalue weighted by Gasteiger charge is 2.04. The highest BCUT2D eigenvalue weighted by molar-refractivity contribution is 5.76. The maximum atomic E-state index is 10.6. The van der Waals surface area contributed by atoms with Gasteiger partial charge in [-0.1, -0.05) is 47.7 Å². The van der Waals surface area contributed by atoms with Gasteiger partial charge in [0.2, 0.25) is 0 Å². The molecule has 0 aliphatic heterocycles. The van der Waals surface area contributed by atoms with E-state index in [4.69, 9.17) is 0 Å². The molecule has 4 nitrogen and oxygen atoms in total. The molecule has 1 heterocycles. The molecule has 0 amide bonds. The molecule has 92 valence electrons. The zero-order chi connectivity index (χ0) is 13.1. The second kappa shape index (κ2) is 4.86. The first kappa shape index (κ1) is 11.3. The Bertz CT molecular complexity index is 687. The summed E-state index contributed by atoms with van der Waals surface area (Å²) in [5, 5.41) is 8.25. The highest BCUT2D eigenvalue weighted by Crippen LogP contribution is 2.17. The number of aldehydes is 1. The molecule has 0 N–H and O–H groups in total. The summed E-state index contributed by atoms with van der Waals surface area (Å²) in [5.74, 6) is 0. The molecule has 0 aliphatic rings. The zero-order valence-electron chi connectivity index (χ0n) is 10.1. The minimum absolute atomic E-state index is 0.652. The number of carbonyl (C=O) groups excluding carboxylic acids is 1. The Hall–Kier alpha value is -2.75. The average molecular weight is 249 g/mol. The molecule has 1 aromatic heterocycles. The predicted molar refractivity (Wildman–Crippen MR) is 72.2 cm³/mol. The normalized spacial score (nSPS) is 10.3. The van der Waals surface area contributed by atoms with Gasteiger partial charge in [-0.25, -0.2) is 4.68 Å². The lowest BCUT2D eigenvalue weighted by Gasteiger charge is -1.98. The summed E-state index contributed by atoms with van der Waals surface area (Å²) in [5.41, 5.74) is 3.33. The number of aromatic nitrogens is 3. The van der Waals surface area contributed by atoms with Crippen LogP contribution in [0.4, 0.5) is 0 Å². The largest absolute Gasteiger partial charge is 0.298 e. The zero-order valence-corrected chi connectivity index (χ0v) is 10.1. The van der Waals surface area contributed by atoms with Crippen LogP contribution in [0, 0.1) is 0 Å². The quantitative estimate of drug-likeness (QED) is 0.670. The highest BCUT2D eigenvalue weighted by atomic mass is 16.1. The van der Waals surface area contributed by atoms with Crippen LogP contribution < -0.4 is 0 Å². The Morgan fingerprint density at radius 2 is 1.68 bits per heavy atom. The van der Waals surface area contributed by atoms with Gasteiger partial charge in [-0.3, -0.25) is 4.79 Å². The predicted octanol–water partition coefficient (Wildman–Crippen LogP) is 2.75. The fourth-order valence-corrected chi connectivity index (χ4v) is 1.84. The van der Waals surface area contributed by atoms with E-state index in [9.17, 15) is 4.79 Å². The molecule has 0 radical (unpaired) electrons. The molecule has 0 fully saturated rings. The van der Waals surface area contributed by atoms with Gasteiger partial charge in [-0.05, 0) is 12.1 Å². The Morgan fingerprint density at radius 1 is 0.947 bits per heavy atom. The summed E-state index contributed by atoms with van der Waals surface area (Å²) in [6.07, 6.45) is 2.69. The molecule has 0 aliphatic carbocycles. The number of carbonyl (C=O) groups is 1. The minimum Gasteiger partial charge on any atom is -0.298 e. The molecule has 2 aromatic carbocycles. The average Bonchev–Trinajstić information content (AvgIpc) is 2.98. The topological polar surface area (TPSA) is 47.8 Å². The van der Waals surface area contributed by atoms with E-state index in [-0.39, 0.29) is 0 Å². The van der Waals surface area contributed by atoms with Crippen LogP contribution in [0.25, 0.3) is 16.9 Å². The number of para-hydroxylation sites is 1. The SMILES string of the molecule is O=Cc1ccc(-c2cn(-c3ccccc3)nn2)cc1. The van der Waals surface area contributed by atoms with Crippen molar-refractivity contribution in [1.82, 2.24) is 15.0 Å². The van der Waals surface area contributed by atoms with Crippen LogP contribution in [-0.2, 0) is 0 Å². The van der Waals surface area contributed by atoms with Crippen LogP contribution in [0.5, 0.6) is 0 Å². The summed E-state index contributed by atoms with van der Waals surface area (Å²) in [6.45, 7) is 0. The van der Waals surface area contributed by atoms with Crippen LogP contribution in [0.2, 0.25) is 0 Å². The number of benzene rings is 2. The van der Waals surface area contributed by atoms with Crippen molar-refractivity contribution in [3.8, 4) is 16.9 Å². The van der Waals surface area contributed by atoms with Crippen molar-refractivity contribution in [1.29, 1.82) is 0 Å². The maximum absolute atomic E-state index is 10.6. The van der Waals surface area contributed by atoms with Gasteiger partial charge in [-0.2, -0.15) is 0 Å². The lowest BCUT2D eigenvalue weighted by atomic mass is 10.1. The van der Waals surface area contributed by atoms with E-state index >= 15 is 0 Å². The van der Waals surface area contributed by atoms with Crippen molar-refractivity contribution in [3.05, 3.63) is 66.4 Å². The molecule has 0 unspecified atom stereocenters. The lowest BCUT2D eigenvalue weighted by Crippen LogP contribution is -1.93. The van der Waals surface area contributed by atoms with E-state index in [1.807, 2.05) is 48.7 Å². The molecule has 0 saturated heterocycles. The molecule has 0 spiro atoms. The first-order valence-corrected chi connectivity index (χ1v) is 5.90. The first-order chi connectivity index (χ1) is 9.36. The Morgan fingerprint density at radius 3 is 2.37 bits per heavy atom. The molecular weight excluding hydrogens is 238 g/mol. The number of rotatable bonds is 3. The van der Waals surface area contributed by atoms with Crippen molar-refractivity contribution in [3.63, 3.8) is 0 Å². The maximum Gasteiger partial charge on any atom is 0.150 e. The number of nitrogens with zero attached hydrogens (tertiary/aromatic N) is 3. The Balaban J connectivity index is 1.94. The molecular formula is C15H11N3O. The second-order valence-electron chi connectivity index (χ2n) is 4.12. The Labute approximate surface area is 110 Å². The van der Waals surface area contributed by atoms with E-state index < -0.39 is 0 Å². The minimum atomic E-state index is 0.652. The van der Waals surface area contributed by atoms with Gasteiger partial charge >= 0.3 is 0 Å². The smallest absolute Gasteiger partial charge is 0.150 e. The monoisotopic (exact) mass is 249 g/mol. The Kier molecular flexibility index (Phi) is 2.90. The van der Waals surface area contributed by atoms with Crippen LogP contribution in [0.15, 0.2) is 60.8 Å². The second-order valence-corrected chi connectivity index (χ2v) is 4.12. The van der Waals surface area contributed by atoms with Crippen LogP contribution >= 0.6 is 0 Å². The molecule has 0 bridgehead atoms. The van der Waals surface area contributed by atoms with Crippen LogP contribution in [-0.4, -0.2) is 21.3 Å². The fourth-order valence-electron chi connectivity index (χ4n) is 1.84. The van der Waals surface area contributed by atoms with Crippen molar-refractivity contribution in [2.75, 3.05) is 0 Å². The standard InChI is InChI=1S/C15H11N3O/c19-11-12-6-8-13(9-7-12)15-10-18(17-16-15)14-4-2-1-3-5-14/h1-11H. The van der Waals surface area contributed by atoms with E-state index in [0.717, 1.165) is 23.2 Å². The van der Waals surface area contributed by atoms with Crippen molar-refractivity contribution in [2.24, 2.45) is 0 Å². The van der Waals surface area contributed by atoms with Gasteiger partial charge in [0.1, 0.15) is 12.0 Å². The molecule has 19 heavy (non-hydrogen) atoms. The van der Waals surface area contributed by atoms with E-state index in [0.29, 0.717) is 5.56 Å².